The summed E-state index contributed by atoms with van der Waals surface area (Å²) in [7, 11) is 1.57. The summed E-state index contributed by atoms with van der Waals surface area (Å²) >= 11 is 6.44. The van der Waals surface area contributed by atoms with E-state index in [1.54, 1.807) is 48.4 Å². The Bertz CT molecular complexity index is 1400. The quantitative estimate of drug-likeness (QED) is 0.301. The number of methoxy groups -OCH3 is 1. The first kappa shape index (κ1) is 27.9. The normalized spacial score (nSPS) is 16.0. The number of para-hydroxylation sites is 1. The predicted molar refractivity (Wildman–Crippen MR) is 149 cm³/mol. The number of nitrogens with one attached hydrogen (secondary N) is 1. The number of Topliss-reactive ketones (excluding diaryl/α,β-unsaturated/α-hetero) is 2. The highest BCUT2D eigenvalue weighted by Gasteiger charge is 2.34. The van der Waals surface area contributed by atoms with Crippen molar-refractivity contribution in [3.8, 4) is 5.75 Å². The third kappa shape index (κ3) is 6.46. The maximum Gasteiger partial charge on any atom is 0.303 e. The molecular weight excluding hydrogens is 520 g/mol. The molecule has 8 nitrogen and oxygen atoms in total. The Morgan fingerprint density at radius 2 is 1.72 bits per heavy atom. The van der Waals surface area contributed by atoms with Crippen LogP contribution in [0.5, 0.6) is 5.75 Å². The summed E-state index contributed by atoms with van der Waals surface area (Å²) in [6.45, 7) is 1.46. The molecule has 39 heavy (non-hydrogen) atoms. The molecule has 0 fully saturated rings. The lowest BCUT2D eigenvalue weighted by atomic mass is 9.88. The summed E-state index contributed by atoms with van der Waals surface area (Å²) in [5.74, 6) is -1.04. The van der Waals surface area contributed by atoms with Gasteiger partial charge in [0.1, 0.15) is 5.75 Å². The van der Waals surface area contributed by atoms with Gasteiger partial charge in [-0.3, -0.25) is 19.2 Å². The fourth-order valence-electron chi connectivity index (χ4n) is 4.91. The first-order valence-corrected chi connectivity index (χ1v) is 12.9. The molecule has 1 amide bonds. The molecule has 1 heterocycles. The molecule has 2 atom stereocenters. The zero-order valence-corrected chi connectivity index (χ0v) is 22.4. The van der Waals surface area contributed by atoms with E-state index in [1.807, 2.05) is 24.3 Å². The van der Waals surface area contributed by atoms with E-state index in [-0.39, 0.29) is 53.4 Å². The number of halogens is 1. The van der Waals surface area contributed by atoms with Crippen LogP contribution < -0.4 is 15.0 Å². The number of hydrogen-bond donors (Lipinski definition) is 2. The predicted octanol–water partition coefficient (Wildman–Crippen LogP) is 5.95. The molecule has 1 aliphatic rings. The Morgan fingerprint density at radius 1 is 1.00 bits per heavy atom. The lowest BCUT2D eigenvalue weighted by Gasteiger charge is -2.39. The number of benzene rings is 3. The zero-order chi connectivity index (χ0) is 28.1. The summed E-state index contributed by atoms with van der Waals surface area (Å²) in [5, 5.41) is 12.5. The van der Waals surface area contributed by atoms with Gasteiger partial charge >= 0.3 is 5.97 Å². The van der Waals surface area contributed by atoms with Crippen LogP contribution in [0.4, 0.5) is 11.4 Å². The third-order valence-corrected chi connectivity index (χ3v) is 7.09. The second-order valence-corrected chi connectivity index (χ2v) is 9.81. The van der Waals surface area contributed by atoms with Gasteiger partial charge < -0.3 is 20.1 Å². The molecule has 2 N–H and O–H groups in total. The summed E-state index contributed by atoms with van der Waals surface area (Å²) < 4.78 is 5.18. The Hall–Kier alpha value is -4.17. The Kier molecular flexibility index (Phi) is 8.66. The number of ether oxygens (including phenoxy) is 1. The molecule has 0 aliphatic carbocycles. The number of rotatable bonds is 10. The van der Waals surface area contributed by atoms with Crippen LogP contribution in [-0.2, 0) is 9.59 Å². The van der Waals surface area contributed by atoms with Crippen molar-refractivity contribution in [3.63, 3.8) is 0 Å². The van der Waals surface area contributed by atoms with E-state index in [4.69, 9.17) is 21.4 Å². The highest BCUT2D eigenvalue weighted by molar-refractivity contribution is 6.34. The maximum atomic E-state index is 13.1. The molecule has 3 aromatic carbocycles. The van der Waals surface area contributed by atoms with Crippen LogP contribution in [0, 0.1) is 0 Å². The Balaban J connectivity index is 1.62. The van der Waals surface area contributed by atoms with E-state index in [0.717, 1.165) is 11.3 Å². The molecule has 3 aromatic rings. The van der Waals surface area contributed by atoms with Gasteiger partial charge in [-0.05, 0) is 60.5 Å². The van der Waals surface area contributed by atoms with Gasteiger partial charge in [-0.15, -0.1) is 0 Å². The number of carboxylic acid groups (broad SMARTS) is 1. The fourth-order valence-corrected chi connectivity index (χ4v) is 5.19. The fraction of sp³-hybridized carbons (Fsp3) is 0.267. The molecule has 2 unspecified atom stereocenters. The van der Waals surface area contributed by atoms with Crippen molar-refractivity contribution in [1.82, 2.24) is 0 Å². The summed E-state index contributed by atoms with van der Waals surface area (Å²) in [4.78, 5) is 51.1. The maximum absolute atomic E-state index is 13.1. The number of anilines is 2. The first-order chi connectivity index (χ1) is 18.7. The number of ketones is 2. The van der Waals surface area contributed by atoms with Gasteiger partial charge in [-0.2, -0.15) is 0 Å². The molecule has 1 aliphatic heterocycles. The van der Waals surface area contributed by atoms with E-state index >= 15 is 0 Å². The zero-order valence-electron chi connectivity index (χ0n) is 21.6. The van der Waals surface area contributed by atoms with E-state index in [9.17, 15) is 19.2 Å². The van der Waals surface area contributed by atoms with E-state index in [0.29, 0.717) is 23.4 Å². The van der Waals surface area contributed by atoms with Gasteiger partial charge in [0.25, 0.3) is 0 Å². The van der Waals surface area contributed by atoms with Crippen molar-refractivity contribution < 1.29 is 29.0 Å². The van der Waals surface area contributed by atoms with Gasteiger partial charge in [0.15, 0.2) is 11.6 Å². The largest absolute Gasteiger partial charge is 0.497 e. The van der Waals surface area contributed by atoms with Gasteiger partial charge in [-0.25, -0.2) is 0 Å². The molecule has 9 heteroatoms. The molecule has 202 valence electrons. The van der Waals surface area contributed by atoms with Crippen LogP contribution in [0.1, 0.15) is 64.9 Å². The molecular formula is C30H29ClN2O6. The molecule has 0 aromatic heterocycles. The second kappa shape index (κ2) is 12.1. The van der Waals surface area contributed by atoms with E-state index in [1.165, 1.54) is 13.0 Å². The number of hydrogen-bond acceptors (Lipinski definition) is 6. The molecule has 0 radical (unpaired) electrons. The van der Waals surface area contributed by atoms with Crippen LogP contribution in [0.3, 0.4) is 0 Å². The number of carboxylic acids is 1. The minimum absolute atomic E-state index is 0.0325. The van der Waals surface area contributed by atoms with E-state index < -0.39 is 12.0 Å². The van der Waals surface area contributed by atoms with Crippen molar-refractivity contribution in [3.05, 3.63) is 88.4 Å². The summed E-state index contributed by atoms with van der Waals surface area (Å²) in [6, 6.07) is 18.7. The second-order valence-electron chi connectivity index (χ2n) is 9.41. The molecule has 0 saturated carbocycles. The van der Waals surface area contributed by atoms with Crippen molar-refractivity contribution in [2.24, 2.45) is 0 Å². The average molecular weight is 549 g/mol. The molecule has 0 spiro atoms. The van der Waals surface area contributed by atoms with Gasteiger partial charge in [0.05, 0.1) is 24.6 Å². The topological polar surface area (TPSA) is 113 Å². The van der Waals surface area contributed by atoms with Crippen molar-refractivity contribution in [2.45, 2.75) is 44.7 Å². The smallest absolute Gasteiger partial charge is 0.303 e. The number of aliphatic carboxylic acids is 1. The van der Waals surface area contributed by atoms with Crippen molar-refractivity contribution in [2.75, 3.05) is 17.3 Å². The third-order valence-electron chi connectivity index (χ3n) is 6.78. The minimum Gasteiger partial charge on any atom is -0.497 e. The van der Waals surface area contributed by atoms with Crippen molar-refractivity contribution in [1.29, 1.82) is 0 Å². The van der Waals surface area contributed by atoms with Gasteiger partial charge in [-0.1, -0.05) is 29.8 Å². The monoisotopic (exact) mass is 548 g/mol. The Labute approximate surface area is 231 Å². The van der Waals surface area contributed by atoms with Crippen LogP contribution in [-0.4, -0.2) is 41.7 Å². The number of carbonyl (C=O) groups is 4. The highest BCUT2D eigenvalue weighted by atomic mass is 35.5. The Morgan fingerprint density at radius 3 is 2.36 bits per heavy atom. The standard InChI is InChI=1S/C30H29ClN2O6/c1-18(34)33(21-9-12-23(25(31)17-21)28(35)13-14-30(37)38)27-15-20(32-26-6-4-3-5-24(26)27)16-29(36)19-7-10-22(39-2)11-8-19/h3-12,17,20,27,32H,13-16H2,1-2H3,(H,37,38). The number of amides is 1. The first-order valence-electron chi connectivity index (χ1n) is 12.5. The highest BCUT2D eigenvalue weighted by Crippen LogP contribution is 2.41. The van der Waals surface area contributed by atoms with Crippen molar-refractivity contribution >= 4 is 46.4 Å². The molecule has 0 saturated heterocycles. The average Bonchev–Trinajstić information content (AvgIpc) is 2.91. The summed E-state index contributed by atoms with van der Waals surface area (Å²) in [5.41, 5.74) is 3.02. The molecule has 0 bridgehead atoms. The van der Waals surface area contributed by atoms with Gasteiger partial charge in [0.2, 0.25) is 5.91 Å². The summed E-state index contributed by atoms with van der Waals surface area (Å²) in [6.07, 6.45) is 0.228. The number of nitrogens with zero attached hydrogens (tertiary/aromatic N) is 1. The lowest BCUT2D eigenvalue weighted by Crippen LogP contribution is -2.40. The lowest BCUT2D eigenvalue weighted by molar-refractivity contribution is -0.137. The number of fused-ring (bicyclic) bond motifs is 1. The van der Waals surface area contributed by atoms with E-state index in [2.05, 4.69) is 5.32 Å². The van der Waals surface area contributed by atoms with Crippen LogP contribution in [0.2, 0.25) is 5.02 Å². The van der Waals surface area contributed by atoms with Crippen LogP contribution >= 0.6 is 11.6 Å². The van der Waals surface area contributed by atoms with Gasteiger partial charge in [0, 0.05) is 48.3 Å². The molecule has 4 rings (SSSR count). The SMILES string of the molecule is COc1ccc(C(=O)CC2CC(N(C(C)=O)c3ccc(C(=O)CCC(=O)O)c(Cl)c3)c3ccccc3N2)cc1. The minimum atomic E-state index is -1.07. The van der Waals surface area contributed by atoms with Crippen LogP contribution in [0.15, 0.2) is 66.7 Å². The number of carbonyl (C=O) groups excluding carboxylic acids is 3. The van der Waals surface area contributed by atoms with Crippen LogP contribution in [0.25, 0.3) is 0 Å².